The lowest BCUT2D eigenvalue weighted by atomic mass is 10.2. The molecular formula is C11H15NO. The fraction of sp³-hybridized carbons (Fsp3) is 0.182. The number of allylic oxidation sites excluding steroid dienone is 4. The number of rotatable bonds is 4. The maximum Gasteiger partial charge on any atom is 0.247 e. The summed E-state index contributed by atoms with van der Waals surface area (Å²) >= 11 is 0. The summed E-state index contributed by atoms with van der Waals surface area (Å²) in [7, 11) is 0. The summed E-state index contributed by atoms with van der Waals surface area (Å²) in [5.41, 5.74) is 1.61. The highest BCUT2D eigenvalue weighted by atomic mass is 16.1. The van der Waals surface area contributed by atoms with Crippen LogP contribution in [-0.2, 0) is 4.79 Å². The van der Waals surface area contributed by atoms with Gasteiger partial charge in [0, 0.05) is 5.70 Å². The van der Waals surface area contributed by atoms with Gasteiger partial charge in [0.05, 0.1) is 0 Å². The van der Waals surface area contributed by atoms with E-state index >= 15 is 0 Å². The van der Waals surface area contributed by atoms with E-state index in [4.69, 9.17) is 0 Å². The third-order valence-corrected chi connectivity index (χ3v) is 1.30. The van der Waals surface area contributed by atoms with E-state index in [1.807, 2.05) is 26.0 Å². The largest absolute Gasteiger partial charge is 0.323 e. The molecule has 2 nitrogen and oxygen atoms in total. The lowest BCUT2D eigenvalue weighted by molar-refractivity contribution is -0.115. The molecule has 0 aliphatic carbocycles. The Morgan fingerprint density at radius 1 is 1.46 bits per heavy atom. The predicted molar refractivity (Wildman–Crippen MR) is 56.1 cm³/mol. The Balaban J connectivity index is 4.22. The van der Waals surface area contributed by atoms with Gasteiger partial charge in [0.25, 0.3) is 0 Å². The van der Waals surface area contributed by atoms with Gasteiger partial charge in [-0.2, -0.15) is 0 Å². The minimum absolute atomic E-state index is 0.241. The van der Waals surface area contributed by atoms with Crippen molar-refractivity contribution in [3.63, 3.8) is 0 Å². The first kappa shape index (κ1) is 11.4. The van der Waals surface area contributed by atoms with E-state index in [0.29, 0.717) is 5.70 Å². The fourth-order valence-corrected chi connectivity index (χ4v) is 0.831. The summed E-state index contributed by atoms with van der Waals surface area (Å²) in [5, 5.41) is 2.56. The maximum atomic E-state index is 10.8. The molecule has 0 heterocycles. The number of carbonyl (C=O) groups excluding carboxylic acids is 1. The van der Waals surface area contributed by atoms with E-state index in [1.54, 1.807) is 6.08 Å². The second kappa shape index (κ2) is 6.00. The van der Waals surface area contributed by atoms with Crippen LogP contribution in [0.2, 0.25) is 0 Å². The molecule has 0 aromatic rings. The Bertz CT molecular complexity index is 272. The van der Waals surface area contributed by atoms with E-state index in [9.17, 15) is 4.79 Å². The zero-order chi connectivity index (χ0) is 10.3. The van der Waals surface area contributed by atoms with Crippen LogP contribution in [0, 0.1) is 0 Å². The van der Waals surface area contributed by atoms with Crippen molar-refractivity contribution in [1.29, 1.82) is 0 Å². The standard InChI is InChI=1S/C11H15NO/c1-5-7-9(3)8-10(4)12-11(13)6-2/h5-8H,2,4H2,1,3H3,(H,12,13)/b7-5-,9-8-. The molecule has 13 heavy (non-hydrogen) atoms. The van der Waals surface area contributed by atoms with Gasteiger partial charge in [-0.25, -0.2) is 0 Å². The van der Waals surface area contributed by atoms with Gasteiger partial charge < -0.3 is 5.32 Å². The first-order chi connectivity index (χ1) is 6.10. The van der Waals surface area contributed by atoms with Crippen LogP contribution >= 0.6 is 0 Å². The summed E-state index contributed by atoms with van der Waals surface area (Å²) in [5.74, 6) is -0.241. The quantitative estimate of drug-likeness (QED) is 0.518. The summed E-state index contributed by atoms with van der Waals surface area (Å²) in [6.45, 7) is 10.9. The van der Waals surface area contributed by atoms with Crippen LogP contribution in [0.3, 0.4) is 0 Å². The van der Waals surface area contributed by atoms with Crippen molar-refractivity contribution in [2.24, 2.45) is 0 Å². The second-order valence-electron chi connectivity index (χ2n) is 2.61. The Labute approximate surface area is 79.3 Å². The molecule has 0 bridgehead atoms. The fourth-order valence-electron chi connectivity index (χ4n) is 0.831. The molecule has 0 fully saturated rings. The van der Waals surface area contributed by atoms with Crippen LogP contribution in [0.15, 0.2) is 48.7 Å². The number of hydrogen-bond donors (Lipinski definition) is 1. The number of carbonyl (C=O) groups is 1. The van der Waals surface area contributed by atoms with E-state index in [0.717, 1.165) is 5.57 Å². The Hall–Kier alpha value is -1.57. The summed E-state index contributed by atoms with van der Waals surface area (Å²) in [6, 6.07) is 0. The Kier molecular flexibility index (Phi) is 5.28. The van der Waals surface area contributed by atoms with Gasteiger partial charge in [-0.15, -0.1) is 0 Å². The Morgan fingerprint density at radius 2 is 2.08 bits per heavy atom. The molecule has 0 rings (SSSR count). The topological polar surface area (TPSA) is 29.1 Å². The molecular weight excluding hydrogens is 162 g/mol. The van der Waals surface area contributed by atoms with Gasteiger partial charge in [-0.1, -0.05) is 25.3 Å². The van der Waals surface area contributed by atoms with Crippen LogP contribution in [0.5, 0.6) is 0 Å². The minimum Gasteiger partial charge on any atom is -0.323 e. The van der Waals surface area contributed by atoms with Crippen LogP contribution in [0.4, 0.5) is 0 Å². The lowest BCUT2D eigenvalue weighted by Crippen LogP contribution is -2.18. The van der Waals surface area contributed by atoms with Gasteiger partial charge in [-0.05, 0) is 31.6 Å². The van der Waals surface area contributed by atoms with Gasteiger partial charge >= 0.3 is 0 Å². The van der Waals surface area contributed by atoms with Crippen LogP contribution in [0.25, 0.3) is 0 Å². The third kappa shape index (κ3) is 5.67. The summed E-state index contributed by atoms with van der Waals surface area (Å²) in [6.07, 6.45) is 6.87. The molecule has 0 aliphatic rings. The first-order valence-electron chi connectivity index (χ1n) is 4.03. The highest BCUT2D eigenvalue weighted by Crippen LogP contribution is 1.98. The van der Waals surface area contributed by atoms with Gasteiger partial charge in [0.1, 0.15) is 0 Å². The van der Waals surface area contributed by atoms with Crippen molar-refractivity contribution in [3.05, 3.63) is 48.7 Å². The number of hydrogen-bond acceptors (Lipinski definition) is 1. The second-order valence-corrected chi connectivity index (χ2v) is 2.61. The monoisotopic (exact) mass is 177 g/mol. The molecule has 0 aromatic carbocycles. The Morgan fingerprint density at radius 3 is 2.54 bits per heavy atom. The van der Waals surface area contributed by atoms with Crippen molar-refractivity contribution in [1.82, 2.24) is 5.32 Å². The minimum atomic E-state index is -0.241. The normalized spacial score (nSPS) is 11.4. The molecule has 70 valence electrons. The van der Waals surface area contributed by atoms with E-state index in [2.05, 4.69) is 18.5 Å². The van der Waals surface area contributed by atoms with Crippen LogP contribution < -0.4 is 5.32 Å². The van der Waals surface area contributed by atoms with Crippen molar-refractivity contribution < 1.29 is 4.79 Å². The molecule has 0 atom stereocenters. The highest BCUT2D eigenvalue weighted by molar-refractivity contribution is 5.88. The SMILES string of the molecule is C=CC(=O)NC(=C)/C=C(C)\C=C/C. The zero-order valence-electron chi connectivity index (χ0n) is 8.13. The molecule has 0 saturated carbocycles. The predicted octanol–water partition coefficient (Wildman–Crippen LogP) is 2.32. The first-order valence-corrected chi connectivity index (χ1v) is 4.03. The van der Waals surface area contributed by atoms with Crippen LogP contribution in [0.1, 0.15) is 13.8 Å². The molecule has 0 unspecified atom stereocenters. The van der Waals surface area contributed by atoms with Crippen molar-refractivity contribution >= 4 is 5.91 Å². The molecule has 0 spiro atoms. The molecule has 0 saturated heterocycles. The van der Waals surface area contributed by atoms with Crippen molar-refractivity contribution in [2.75, 3.05) is 0 Å². The third-order valence-electron chi connectivity index (χ3n) is 1.30. The summed E-state index contributed by atoms with van der Waals surface area (Å²) in [4.78, 5) is 10.8. The molecule has 0 aliphatic heterocycles. The highest BCUT2D eigenvalue weighted by Gasteiger charge is 1.93. The van der Waals surface area contributed by atoms with Crippen LogP contribution in [-0.4, -0.2) is 5.91 Å². The van der Waals surface area contributed by atoms with Gasteiger partial charge in [0.2, 0.25) is 5.91 Å². The van der Waals surface area contributed by atoms with Gasteiger partial charge in [0.15, 0.2) is 0 Å². The molecule has 0 aromatic heterocycles. The van der Waals surface area contributed by atoms with E-state index < -0.39 is 0 Å². The zero-order valence-corrected chi connectivity index (χ0v) is 8.13. The number of nitrogens with one attached hydrogen (secondary N) is 1. The van der Waals surface area contributed by atoms with E-state index in [-0.39, 0.29) is 5.91 Å². The molecule has 1 N–H and O–H groups in total. The summed E-state index contributed by atoms with van der Waals surface area (Å²) < 4.78 is 0. The average molecular weight is 177 g/mol. The average Bonchev–Trinajstić information content (AvgIpc) is 2.04. The van der Waals surface area contributed by atoms with Gasteiger partial charge in [-0.3, -0.25) is 4.79 Å². The molecule has 0 radical (unpaired) electrons. The maximum absolute atomic E-state index is 10.8. The smallest absolute Gasteiger partial charge is 0.247 e. The van der Waals surface area contributed by atoms with Crippen molar-refractivity contribution in [2.45, 2.75) is 13.8 Å². The number of amides is 1. The van der Waals surface area contributed by atoms with E-state index in [1.165, 1.54) is 6.08 Å². The lowest BCUT2D eigenvalue weighted by Gasteiger charge is -2.00. The molecule has 2 heteroatoms. The molecule has 1 amide bonds. The van der Waals surface area contributed by atoms with Crippen molar-refractivity contribution in [3.8, 4) is 0 Å².